The number of pyridine rings is 1. The minimum absolute atomic E-state index is 0.316. The first-order valence-electron chi connectivity index (χ1n) is 5.77. The van der Waals surface area contributed by atoms with Crippen LogP contribution in [0.3, 0.4) is 0 Å². The van der Waals surface area contributed by atoms with Crippen LogP contribution in [0.2, 0.25) is 0 Å². The molecule has 16 heavy (non-hydrogen) atoms. The van der Waals surface area contributed by atoms with Crippen molar-refractivity contribution < 1.29 is 9.84 Å². The lowest BCUT2D eigenvalue weighted by atomic mass is 10.2. The van der Waals surface area contributed by atoms with Crippen LogP contribution in [0.25, 0.3) is 0 Å². The minimum Gasteiger partial charge on any atom is -0.385 e. The van der Waals surface area contributed by atoms with Gasteiger partial charge in [0.05, 0.1) is 11.8 Å². The van der Waals surface area contributed by atoms with E-state index in [4.69, 9.17) is 4.74 Å². The highest BCUT2D eigenvalue weighted by Crippen LogP contribution is 2.11. The maximum atomic E-state index is 9.83. The summed E-state index contributed by atoms with van der Waals surface area (Å²) in [5, 5.41) is 13.0. The van der Waals surface area contributed by atoms with Crippen LogP contribution in [0.15, 0.2) is 24.4 Å². The average molecular weight is 222 g/mol. The van der Waals surface area contributed by atoms with Crippen LogP contribution in [0, 0.1) is 0 Å². The number of aliphatic hydroxyl groups is 1. The van der Waals surface area contributed by atoms with Crippen LogP contribution in [0.1, 0.15) is 24.6 Å². The van der Waals surface area contributed by atoms with Gasteiger partial charge >= 0.3 is 0 Å². The Balaban J connectivity index is 1.69. The Bertz CT molecular complexity index is 299. The zero-order valence-corrected chi connectivity index (χ0v) is 9.30. The smallest absolute Gasteiger partial charge is 0.108 e. The Hall–Kier alpha value is -0.970. The fourth-order valence-corrected chi connectivity index (χ4v) is 1.86. The standard InChI is InChI=1S/C12H18N2O2/c15-12(11-5-1-2-6-14-11)9-13-8-10-4-3-7-16-10/h1-2,5-6,10,12-13,15H,3-4,7-9H2. The highest BCUT2D eigenvalue weighted by atomic mass is 16.5. The van der Waals surface area contributed by atoms with Crippen LogP contribution in [0.4, 0.5) is 0 Å². The quantitative estimate of drug-likeness (QED) is 0.776. The summed E-state index contributed by atoms with van der Waals surface area (Å²) in [4.78, 5) is 4.11. The number of nitrogens with one attached hydrogen (secondary N) is 1. The lowest BCUT2D eigenvalue weighted by Gasteiger charge is -2.14. The molecule has 1 aliphatic heterocycles. The van der Waals surface area contributed by atoms with Crippen LogP contribution < -0.4 is 5.32 Å². The van der Waals surface area contributed by atoms with Crippen molar-refractivity contribution in [1.29, 1.82) is 0 Å². The van der Waals surface area contributed by atoms with Crippen molar-refractivity contribution in [1.82, 2.24) is 10.3 Å². The summed E-state index contributed by atoms with van der Waals surface area (Å²) in [6.45, 7) is 2.20. The third-order valence-corrected chi connectivity index (χ3v) is 2.76. The fraction of sp³-hybridized carbons (Fsp3) is 0.583. The van der Waals surface area contributed by atoms with Crippen molar-refractivity contribution in [3.05, 3.63) is 30.1 Å². The van der Waals surface area contributed by atoms with Gasteiger partial charge in [0.1, 0.15) is 6.10 Å². The second-order valence-electron chi connectivity index (χ2n) is 4.06. The van der Waals surface area contributed by atoms with E-state index in [2.05, 4.69) is 10.3 Å². The predicted molar refractivity (Wildman–Crippen MR) is 61.0 cm³/mol. The molecule has 0 radical (unpaired) electrons. The normalized spacial score (nSPS) is 22.2. The molecule has 0 amide bonds. The van der Waals surface area contributed by atoms with E-state index in [0.717, 1.165) is 26.0 Å². The van der Waals surface area contributed by atoms with E-state index >= 15 is 0 Å². The Morgan fingerprint density at radius 1 is 1.56 bits per heavy atom. The van der Waals surface area contributed by atoms with Gasteiger partial charge in [-0.15, -0.1) is 0 Å². The van der Waals surface area contributed by atoms with E-state index in [1.807, 2.05) is 18.2 Å². The molecule has 1 saturated heterocycles. The van der Waals surface area contributed by atoms with Gasteiger partial charge in [0.25, 0.3) is 0 Å². The fourth-order valence-electron chi connectivity index (χ4n) is 1.86. The van der Waals surface area contributed by atoms with Crippen molar-refractivity contribution >= 4 is 0 Å². The van der Waals surface area contributed by atoms with Gasteiger partial charge in [-0.3, -0.25) is 4.98 Å². The van der Waals surface area contributed by atoms with Crippen molar-refractivity contribution in [2.45, 2.75) is 25.0 Å². The minimum atomic E-state index is -0.539. The third-order valence-electron chi connectivity index (χ3n) is 2.76. The summed E-state index contributed by atoms with van der Waals surface area (Å²) in [7, 11) is 0. The number of aromatic nitrogens is 1. The number of hydrogen-bond acceptors (Lipinski definition) is 4. The molecule has 0 spiro atoms. The summed E-state index contributed by atoms with van der Waals surface area (Å²) in [5.74, 6) is 0. The van der Waals surface area contributed by atoms with Gasteiger partial charge in [0.2, 0.25) is 0 Å². The van der Waals surface area contributed by atoms with Crippen molar-refractivity contribution in [3.63, 3.8) is 0 Å². The van der Waals surface area contributed by atoms with Gasteiger partial charge in [-0.05, 0) is 25.0 Å². The van der Waals surface area contributed by atoms with E-state index in [9.17, 15) is 5.11 Å². The molecule has 1 fully saturated rings. The lowest BCUT2D eigenvalue weighted by Crippen LogP contribution is -2.30. The number of ether oxygens (including phenoxy) is 1. The summed E-state index contributed by atoms with van der Waals surface area (Å²) in [5.41, 5.74) is 0.711. The molecule has 0 saturated carbocycles. The monoisotopic (exact) mass is 222 g/mol. The summed E-state index contributed by atoms with van der Waals surface area (Å²) >= 11 is 0. The van der Waals surface area contributed by atoms with Gasteiger partial charge in [0.15, 0.2) is 0 Å². The Morgan fingerprint density at radius 3 is 3.19 bits per heavy atom. The maximum absolute atomic E-state index is 9.83. The number of hydrogen-bond donors (Lipinski definition) is 2. The molecule has 2 unspecified atom stereocenters. The maximum Gasteiger partial charge on any atom is 0.108 e. The second-order valence-corrected chi connectivity index (χ2v) is 4.06. The van der Waals surface area contributed by atoms with Crippen molar-refractivity contribution in [3.8, 4) is 0 Å². The molecule has 0 aromatic carbocycles. The Morgan fingerprint density at radius 2 is 2.50 bits per heavy atom. The molecule has 2 rings (SSSR count). The molecule has 2 N–H and O–H groups in total. The first-order chi connectivity index (χ1) is 7.86. The lowest BCUT2D eigenvalue weighted by molar-refractivity contribution is 0.103. The number of aliphatic hydroxyl groups excluding tert-OH is 1. The molecule has 1 aromatic heterocycles. The average Bonchev–Trinajstić information content (AvgIpc) is 2.83. The van der Waals surface area contributed by atoms with Crippen LogP contribution in [0.5, 0.6) is 0 Å². The first kappa shape index (κ1) is 11.5. The number of nitrogens with zero attached hydrogens (tertiary/aromatic N) is 1. The molecule has 88 valence electrons. The van der Waals surface area contributed by atoms with E-state index in [1.165, 1.54) is 0 Å². The van der Waals surface area contributed by atoms with Gasteiger partial charge in [-0.2, -0.15) is 0 Å². The molecular weight excluding hydrogens is 204 g/mol. The van der Waals surface area contributed by atoms with Gasteiger partial charge in [-0.1, -0.05) is 6.07 Å². The zero-order valence-electron chi connectivity index (χ0n) is 9.30. The van der Waals surface area contributed by atoms with E-state index < -0.39 is 6.10 Å². The molecule has 1 aliphatic rings. The molecule has 2 heterocycles. The highest BCUT2D eigenvalue weighted by Gasteiger charge is 2.15. The molecule has 0 aliphatic carbocycles. The first-order valence-corrected chi connectivity index (χ1v) is 5.77. The Labute approximate surface area is 95.7 Å². The summed E-state index contributed by atoms with van der Waals surface area (Å²) < 4.78 is 5.48. The van der Waals surface area contributed by atoms with Crippen LogP contribution in [-0.4, -0.2) is 35.9 Å². The van der Waals surface area contributed by atoms with Gasteiger partial charge in [-0.25, -0.2) is 0 Å². The third kappa shape index (κ3) is 3.27. The molecule has 2 atom stereocenters. The molecule has 1 aromatic rings. The SMILES string of the molecule is OC(CNCC1CCCO1)c1ccccn1. The van der Waals surface area contributed by atoms with E-state index in [1.54, 1.807) is 6.20 Å². The molecular formula is C12H18N2O2. The summed E-state index contributed by atoms with van der Waals surface area (Å²) in [6.07, 6.45) is 3.74. The predicted octanol–water partition coefficient (Wildman–Crippen LogP) is 0.884. The van der Waals surface area contributed by atoms with Gasteiger partial charge < -0.3 is 15.2 Å². The zero-order chi connectivity index (χ0) is 11.2. The van der Waals surface area contributed by atoms with Crippen LogP contribution >= 0.6 is 0 Å². The van der Waals surface area contributed by atoms with Gasteiger partial charge in [0, 0.05) is 25.9 Å². The van der Waals surface area contributed by atoms with E-state index in [0.29, 0.717) is 18.3 Å². The summed E-state index contributed by atoms with van der Waals surface area (Å²) in [6, 6.07) is 5.56. The topological polar surface area (TPSA) is 54.4 Å². The second kappa shape index (κ2) is 5.94. The van der Waals surface area contributed by atoms with Crippen LogP contribution in [-0.2, 0) is 4.74 Å². The molecule has 4 nitrogen and oxygen atoms in total. The number of rotatable bonds is 5. The highest BCUT2D eigenvalue weighted by molar-refractivity contribution is 5.06. The van der Waals surface area contributed by atoms with Crippen molar-refractivity contribution in [2.75, 3.05) is 19.7 Å². The molecule has 0 bridgehead atoms. The Kier molecular flexibility index (Phi) is 4.27. The molecule has 4 heteroatoms. The largest absolute Gasteiger partial charge is 0.385 e. The van der Waals surface area contributed by atoms with E-state index in [-0.39, 0.29) is 0 Å². The van der Waals surface area contributed by atoms with Crippen molar-refractivity contribution in [2.24, 2.45) is 0 Å².